The maximum Gasteiger partial charge on any atom is -0.0122 e. The summed E-state index contributed by atoms with van der Waals surface area (Å²) in [6.45, 7) is 9.29. The van der Waals surface area contributed by atoms with Crippen LogP contribution in [0.15, 0.2) is 23.9 Å². The lowest BCUT2D eigenvalue weighted by Gasteiger charge is -1.99. The molecule has 1 radical (unpaired) electrons. The third-order valence-electron chi connectivity index (χ3n) is 1.67. The second-order valence-corrected chi connectivity index (χ2v) is 2.67. The molecule has 0 amide bonds. The van der Waals surface area contributed by atoms with Crippen LogP contribution in [0.2, 0.25) is 0 Å². The molecule has 0 bridgehead atoms. The number of aryl methyl sites for hydroxylation is 2. The highest BCUT2D eigenvalue weighted by Gasteiger charge is 1.92. The van der Waals surface area contributed by atoms with E-state index in [0.29, 0.717) is 0 Å². The molecule has 0 fully saturated rings. The minimum Gasteiger partial charge on any atom is -0.120 e. The summed E-state index contributed by atoms with van der Waals surface area (Å²) < 4.78 is 0. The summed E-state index contributed by atoms with van der Waals surface area (Å²) in [5, 5.41) is 0. The zero-order valence-corrected chi connectivity index (χ0v) is 6.89. The molecule has 0 aromatic heterocycles. The summed E-state index contributed by atoms with van der Waals surface area (Å²) in [6, 6.07) is 6.26. The molecule has 0 saturated carbocycles. The van der Waals surface area contributed by atoms with E-state index in [-0.39, 0.29) is 0 Å². The lowest BCUT2D eigenvalue weighted by molar-refractivity contribution is 1.38. The predicted octanol–water partition coefficient (Wildman–Crippen LogP) is 2.90. The van der Waals surface area contributed by atoms with Crippen LogP contribution in [0.1, 0.15) is 16.7 Å². The molecule has 1 aromatic rings. The van der Waals surface area contributed by atoms with E-state index in [9.17, 15) is 0 Å². The monoisotopic (exact) mass is 143 g/mol. The van der Waals surface area contributed by atoms with Crippen LogP contribution >= 0.6 is 0 Å². The van der Waals surface area contributed by atoms with Crippen molar-refractivity contribution in [3.8, 4) is 0 Å². The van der Waals surface area contributed by atoms with Gasteiger partial charge in [-0.2, -0.15) is 0 Å². The fraction of sp³-hybridized carbons (Fsp3) is 0.182. The maximum atomic E-state index is 5.17. The van der Waals surface area contributed by atoms with Gasteiger partial charge in [-0.25, -0.2) is 0 Å². The molecule has 0 nitrogen and oxygen atoms in total. The van der Waals surface area contributed by atoms with E-state index < -0.39 is 0 Å². The van der Waals surface area contributed by atoms with Gasteiger partial charge in [0.1, 0.15) is 0 Å². The molecular weight excluding hydrogens is 132 g/mol. The highest BCUT2D eigenvalue weighted by atomic mass is 14.0. The molecule has 0 heterocycles. The molecule has 0 atom stereocenters. The van der Waals surface area contributed by atoms with E-state index >= 15 is 0 Å². The Hall–Kier alpha value is -1.26. The number of hydrogen-bond acceptors (Lipinski definition) is 0. The third-order valence-corrected chi connectivity index (χ3v) is 1.67. The first kappa shape index (κ1) is 7.84. The molecule has 0 saturated heterocycles. The Morgan fingerprint density at radius 2 is 2.09 bits per heavy atom. The van der Waals surface area contributed by atoms with E-state index in [2.05, 4.69) is 37.8 Å². The first-order valence-electron chi connectivity index (χ1n) is 3.60. The highest BCUT2D eigenvalue weighted by Crippen LogP contribution is 2.11. The topological polar surface area (TPSA) is 0 Å². The van der Waals surface area contributed by atoms with E-state index in [1.165, 1.54) is 11.1 Å². The zero-order valence-electron chi connectivity index (χ0n) is 6.89. The Bertz CT molecular complexity index is 302. The van der Waals surface area contributed by atoms with Crippen molar-refractivity contribution in [2.75, 3.05) is 0 Å². The minimum atomic E-state index is 1.15. The average molecular weight is 143 g/mol. The maximum absolute atomic E-state index is 5.17. The van der Waals surface area contributed by atoms with Gasteiger partial charge in [-0.05, 0) is 37.6 Å². The van der Waals surface area contributed by atoms with Crippen molar-refractivity contribution >= 4 is 6.08 Å². The summed E-state index contributed by atoms with van der Waals surface area (Å²) in [7, 11) is 0. The molecule has 0 N–H and O–H groups in total. The van der Waals surface area contributed by atoms with Crippen LogP contribution in [-0.4, -0.2) is 0 Å². The van der Waals surface area contributed by atoms with Gasteiger partial charge in [0.25, 0.3) is 0 Å². The molecular formula is C11H11. The van der Waals surface area contributed by atoms with Crippen molar-refractivity contribution in [2.45, 2.75) is 13.8 Å². The van der Waals surface area contributed by atoms with Crippen LogP contribution in [0, 0.1) is 20.4 Å². The van der Waals surface area contributed by atoms with Crippen molar-refractivity contribution in [1.29, 1.82) is 0 Å². The predicted molar refractivity (Wildman–Crippen MR) is 48.2 cm³/mol. The third kappa shape index (κ3) is 1.83. The normalized spacial score (nSPS) is 8.91. The first-order valence-corrected chi connectivity index (χ1v) is 3.60. The smallest absolute Gasteiger partial charge is 0.0122 e. The molecule has 55 valence electrons. The van der Waals surface area contributed by atoms with Gasteiger partial charge in [-0.3, -0.25) is 0 Å². The van der Waals surface area contributed by atoms with Crippen LogP contribution in [-0.2, 0) is 0 Å². The van der Waals surface area contributed by atoms with E-state index in [0.717, 1.165) is 5.56 Å². The fourth-order valence-electron chi connectivity index (χ4n) is 1.01. The molecule has 0 unspecified atom stereocenters. The summed E-state index contributed by atoms with van der Waals surface area (Å²) in [5.74, 6) is 0. The van der Waals surface area contributed by atoms with Gasteiger partial charge in [0, 0.05) is 0 Å². The SMILES string of the molecule is [CH]=C=Cc1cc(C)ccc1C. The molecule has 1 aromatic carbocycles. The van der Waals surface area contributed by atoms with Crippen LogP contribution in [0.5, 0.6) is 0 Å². The Kier molecular flexibility index (Phi) is 2.30. The molecule has 1 rings (SSSR count). The van der Waals surface area contributed by atoms with Gasteiger partial charge in [0.15, 0.2) is 0 Å². The van der Waals surface area contributed by atoms with Crippen LogP contribution in [0.3, 0.4) is 0 Å². The Labute approximate surface area is 67.9 Å². The van der Waals surface area contributed by atoms with Crippen LogP contribution in [0.4, 0.5) is 0 Å². The molecule has 0 heteroatoms. The number of benzene rings is 1. The average Bonchev–Trinajstić information content (AvgIpc) is 1.98. The quantitative estimate of drug-likeness (QED) is 0.530. The van der Waals surface area contributed by atoms with Crippen LogP contribution in [0.25, 0.3) is 6.08 Å². The largest absolute Gasteiger partial charge is 0.120 e. The first-order chi connectivity index (χ1) is 5.24. The van der Waals surface area contributed by atoms with Crippen molar-refractivity contribution < 1.29 is 0 Å². The second-order valence-electron chi connectivity index (χ2n) is 2.67. The van der Waals surface area contributed by atoms with Crippen molar-refractivity contribution in [3.05, 3.63) is 47.2 Å². The van der Waals surface area contributed by atoms with Gasteiger partial charge in [0.2, 0.25) is 0 Å². The Balaban J connectivity index is 3.22. The highest BCUT2D eigenvalue weighted by molar-refractivity contribution is 5.53. The lowest BCUT2D eigenvalue weighted by atomic mass is 10.1. The van der Waals surface area contributed by atoms with Gasteiger partial charge in [-0.15, -0.1) is 5.73 Å². The zero-order chi connectivity index (χ0) is 8.27. The lowest BCUT2D eigenvalue weighted by Crippen LogP contribution is -1.80. The van der Waals surface area contributed by atoms with Gasteiger partial charge in [0.05, 0.1) is 0 Å². The Morgan fingerprint density at radius 3 is 2.73 bits per heavy atom. The molecule has 0 spiro atoms. The minimum absolute atomic E-state index is 1.15. The van der Waals surface area contributed by atoms with Crippen molar-refractivity contribution in [1.82, 2.24) is 0 Å². The summed E-state index contributed by atoms with van der Waals surface area (Å²) in [6.07, 6.45) is 1.79. The Morgan fingerprint density at radius 1 is 1.36 bits per heavy atom. The van der Waals surface area contributed by atoms with Gasteiger partial charge < -0.3 is 0 Å². The summed E-state index contributed by atoms with van der Waals surface area (Å²) in [5.41, 5.74) is 6.15. The van der Waals surface area contributed by atoms with E-state index in [4.69, 9.17) is 6.58 Å². The number of rotatable bonds is 1. The van der Waals surface area contributed by atoms with Gasteiger partial charge in [-0.1, -0.05) is 23.8 Å². The second kappa shape index (κ2) is 3.23. The molecule has 0 aliphatic carbocycles. The molecule has 0 aliphatic rings. The van der Waals surface area contributed by atoms with Crippen molar-refractivity contribution in [3.63, 3.8) is 0 Å². The summed E-state index contributed by atoms with van der Waals surface area (Å²) in [4.78, 5) is 0. The summed E-state index contributed by atoms with van der Waals surface area (Å²) >= 11 is 0. The fourth-order valence-corrected chi connectivity index (χ4v) is 1.01. The van der Waals surface area contributed by atoms with Crippen molar-refractivity contribution in [2.24, 2.45) is 0 Å². The van der Waals surface area contributed by atoms with E-state index in [1.807, 2.05) is 0 Å². The number of hydrogen-bond donors (Lipinski definition) is 0. The van der Waals surface area contributed by atoms with Gasteiger partial charge >= 0.3 is 0 Å². The van der Waals surface area contributed by atoms with Crippen LogP contribution < -0.4 is 0 Å². The molecule has 11 heavy (non-hydrogen) atoms. The molecule has 0 aliphatic heterocycles. The van der Waals surface area contributed by atoms with E-state index in [1.54, 1.807) is 6.08 Å². The standard InChI is InChI=1S/C11H11/c1-4-5-11-8-9(2)6-7-10(11)3/h1,5-8H,2-3H3.